The van der Waals surface area contributed by atoms with E-state index in [4.69, 9.17) is 14.2 Å². The van der Waals surface area contributed by atoms with Gasteiger partial charge in [0.1, 0.15) is 17.3 Å². The van der Waals surface area contributed by atoms with Gasteiger partial charge in [0, 0.05) is 30.4 Å². The lowest BCUT2D eigenvalue weighted by Crippen LogP contribution is -2.16. The van der Waals surface area contributed by atoms with Crippen molar-refractivity contribution < 1.29 is 19.0 Å². The second kappa shape index (κ2) is 8.89. The number of ether oxygens (including phenoxy) is 3. The number of carbonyl (C=O) groups excluding carboxylic acids is 1. The monoisotopic (exact) mass is 360 g/mol. The van der Waals surface area contributed by atoms with Gasteiger partial charge in [-0.15, -0.1) is 0 Å². The van der Waals surface area contributed by atoms with Crippen molar-refractivity contribution in [3.05, 3.63) is 29.7 Å². The fourth-order valence-corrected chi connectivity index (χ4v) is 2.38. The van der Waals surface area contributed by atoms with Crippen molar-refractivity contribution in [2.24, 2.45) is 0 Å². The Hall–Kier alpha value is -3.03. The van der Waals surface area contributed by atoms with Gasteiger partial charge in [-0.2, -0.15) is 0 Å². The van der Waals surface area contributed by atoms with E-state index in [0.29, 0.717) is 34.6 Å². The van der Waals surface area contributed by atoms with Gasteiger partial charge in [-0.25, -0.2) is 9.97 Å². The Balaban J connectivity index is 2.28. The standard InChI is InChI=1S/C18H24N4O4/c1-6-7-19-16-10-13(20-11(2)21-16)18(23)22-12-8-14(24-3)17(26-5)15(9-12)25-4/h8-10H,6-7H2,1-5H3,(H,22,23)(H,19,20,21). The van der Waals surface area contributed by atoms with E-state index in [9.17, 15) is 4.79 Å². The van der Waals surface area contributed by atoms with Gasteiger partial charge in [0.2, 0.25) is 5.75 Å². The second-order valence-electron chi connectivity index (χ2n) is 5.48. The second-order valence-corrected chi connectivity index (χ2v) is 5.48. The van der Waals surface area contributed by atoms with Crippen LogP contribution < -0.4 is 24.8 Å². The fourth-order valence-electron chi connectivity index (χ4n) is 2.38. The summed E-state index contributed by atoms with van der Waals surface area (Å²) in [5.74, 6) is 2.13. The van der Waals surface area contributed by atoms with Gasteiger partial charge < -0.3 is 24.8 Å². The fraction of sp³-hybridized carbons (Fsp3) is 0.389. The lowest BCUT2D eigenvalue weighted by atomic mass is 10.2. The lowest BCUT2D eigenvalue weighted by molar-refractivity contribution is 0.102. The van der Waals surface area contributed by atoms with Crippen molar-refractivity contribution >= 4 is 17.4 Å². The Kier molecular flexibility index (Phi) is 6.60. The van der Waals surface area contributed by atoms with E-state index in [1.54, 1.807) is 25.1 Å². The zero-order chi connectivity index (χ0) is 19.1. The van der Waals surface area contributed by atoms with E-state index in [2.05, 4.69) is 27.5 Å². The van der Waals surface area contributed by atoms with E-state index in [1.165, 1.54) is 21.3 Å². The van der Waals surface area contributed by atoms with Crippen molar-refractivity contribution in [2.45, 2.75) is 20.3 Å². The minimum absolute atomic E-state index is 0.268. The summed E-state index contributed by atoms with van der Waals surface area (Å²) in [7, 11) is 4.55. The van der Waals surface area contributed by atoms with E-state index in [-0.39, 0.29) is 11.6 Å². The molecule has 0 spiro atoms. The first-order valence-electron chi connectivity index (χ1n) is 8.23. The topological polar surface area (TPSA) is 94.6 Å². The Bertz CT molecular complexity index is 755. The zero-order valence-corrected chi connectivity index (χ0v) is 15.7. The maximum Gasteiger partial charge on any atom is 0.274 e. The van der Waals surface area contributed by atoms with Crippen LogP contribution in [0.4, 0.5) is 11.5 Å². The molecular weight excluding hydrogens is 336 g/mol. The highest BCUT2D eigenvalue weighted by Crippen LogP contribution is 2.40. The van der Waals surface area contributed by atoms with Crippen LogP contribution in [0.15, 0.2) is 18.2 Å². The van der Waals surface area contributed by atoms with Crippen molar-refractivity contribution in [1.82, 2.24) is 9.97 Å². The number of amides is 1. The largest absolute Gasteiger partial charge is 0.493 e. The van der Waals surface area contributed by atoms with Gasteiger partial charge in [0.15, 0.2) is 11.5 Å². The maximum absolute atomic E-state index is 12.6. The van der Waals surface area contributed by atoms with E-state index >= 15 is 0 Å². The van der Waals surface area contributed by atoms with Crippen LogP contribution in [0.5, 0.6) is 17.2 Å². The summed E-state index contributed by atoms with van der Waals surface area (Å²) in [6, 6.07) is 4.93. The van der Waals surface area contributed by atoms with Crippen LogP contribution >= 0.6 is 0 Å². The molecule has 140 valence electrons. The first kappa shape index (κ1) is 19.3. The number of methoxy groups -OCH3 is 3. The van der Waals surface area contributed by atoms with Crippen LogP contribution in [0.25, 0.3) is 0 Å². The summed E-state index contributed by atoms with van der Waals surface area (Å²) >= 11 is 0. The van der Waals surface area contributed by atoms with E-state index in [0.717, 1.165) is 13.0 Å². The first-order valence-corrected chi connectivity index (χ1v) is 8.23. The van der Waals surface area contributed by atoms with Gasteiger partial charge in [0.05, 0.1) is 21.3 Å². The van der Waals surface area contributed by atoms with Crippen LogP contribution in [-0.2, 0) is 0 Å². The molecule has 2 aromatic rings. The molecule has 0 bridgehead atoms. The predicted molar refractivity (Wildman–Crippen MR) is 99.6 cm³/mol. The summed E-state index contributed by atoms with van der Waals surface area (Å²) in [5.41, 5.74) is 0.772. The number of carbonyl (C=O) groups is 1. The number of nitrogens with zero attached hydrogens (tertiary/aromatic N) is 2. The molecule has 1 aromatic heterocycles. The molecule has 0 aliphatic carbocycles. The summed E-state index contributed by atoms with van der Waals surface area (Å²) in [6.45, 7) is 4.57. The molecule has 2 rings (SSSR count). The summed E-state index contributed by atoms with van der Waals surface area (Å²) < 4.78 is 15.9. The number of anilines is 2. The molecule has 0 aliphatic rings. The third-order valence-electron chi connectivity index (χ3n) is 3.55. The molecule has 0 unspecified atom stereocenters. The van der Waals surface area contributed by atoms with Crippen molar-refractivity contribution in [2.75, 3.05) is 38.5 Å². The third kappa shape index (κ3) is 4.53. The molecule has 0 radical (unpaired) electrons. The number of aryl methyl sites for hydroxylation is 1. The number of aromatic nitrogens is 2. The van der Waals surface area contributed by atoms with Gasteiger partial charge in [-0.1, -0.05) is 6.92 Å². The van der Waals surface area contributed by atoms with E-state index < -0.39 is 0 Å². The van der Waals surface area contributed by atoms with Crippen LogP contribution in [0, 0.1) is 6.92 Å². The maximum atomic E-state index is 12.6. The quantitative estimate of drug-likeness (QED) is 0.747. The van der Waals surface area contributed by atoms with Crippen molar-refractivity contribution in [3.8, 4) is 17.2 Å². The lowest BCUT2D eigenvalue weighted by Gasteiger charge is -2.14. The molecule has 2 N–H and O–H groups in total. The molecule has 1 amide bonds. The number of hydrogen-bond donors (Lipinski definition) is 2. The van der Waals surface area contributed by atoms with Crippen LogP contribution in [0.2, 0.25) is 0 Å². The SMILES string of the molecule is CCCNc1cc(C(=O)Nc2cc(OC)c(OC)c(OC)c2)nc(C)n1. The van der Waals surface area contributed by atoms with Crippen molar-refractivity contribution in [1.29, 1.82) is 0 Å². The Morgan fingerprint density at radius 2 is 1.69 bits per heavy atom. The molecule has 8 nitrogen and oxygen atoms in total. The minimum Gasteiger partial charge on any atom is -0.493 e. The summed E-state index contributed by atoms with van der Waals surface area (Å²) in [5, 5.41) is 5.96. The molecule has 8 heteroatoms. The average molecular weight is 360 g/mol. The molecule has 1 heterocycles. The van der Waals surface area contributed by atoms with Gasteiger partial charge >= 0.3 is 0 Å². The predicted octanol–water partition coefficient (Wildman–Crippen LogP) is 2.89. The molecule has 1 aromatic carbocycles. The summed E-state index contributed by atoms with van der Waals surface area (Å²) in [6.07, 6.45) is 0.954. The molecule has 0 saturated carbocycles. The van der Waals surface area contributed by atoms with Gasteiger partial charge in [0.25, 0.3) is 5.91 Å². The van der Waals surface area contributed by atoms with E-state index in [1.807, 2.05) is 0 Å². The summed E-state index contributed by atoms with van der Waals surface area (Å²) in [4.78, 5) is 21.1. The highest BCUT2D eigenvalue weighted by molar-refractivity contribution is 6.03. The number of rotatable bonds is 8. The van der Waals surface area contributed by atoms with Crippen LogP contribution in [0.3, 0.4) is 0 Å². The minimum atomic E-state index is -0.357. The molecule has 0 fully saturated rings. The van der Waals surface area contributed by atoms with Gasteiger partial charge in [-0.3, -0.25) is 4.79 Å². The smallest absolute Gasteiger partial charge is 0.274 e. The Morgan fingerprint density at radius 1 is 1.04 bits per heavy atom. The third-order valence-corrected chi connectivity index (χ3v) is 3.55. The van der Waals surface area contributed by atoms with Gasteiger partial charge in [-0.05, 0) is 13.3 Å². The number of hydrogen-bond acceptors (Lipinski definition) is 7. The number of nitrogens with one attached hydrogen (secondary N) is 2. The zero-order valence-electron chi connectivity index (χ0n) is 15.7. The number of benzene rings is 1. The highest BCUT2D eigenvalue weighted by atomic mass is 16.5. The molecule has 26 heavy (non-hydrogen) atoms. The van der Waals surface area contributed by atoms with Crippen molar-refractivity contribution in [3.63, 3.8) is 0 Å². The Labute approximate surface area is 152 Å². The van der Waals surface area contributed by atoms with Crippen LogP contribution in [0.1, 0.15) is 29.7 Å². The first-order chi connectivity index (χ1) is 12.5. The van der Waals surface area contributed by atoms with Crippen LogP contribution in [-0.4, -0.2) is 43.7 Å². The average Bonchev–Trinajstić information content (AvgIpc) is 2.64. The molecular formula is C18H24N4O4. The normalized spacial score (nSPS) is 10.2. The highest BCUT2D eigenvalue weighted by Gasteiger charge is 2.16. The molecule has 0 aliphatic heterocycles. The molecule has 0 saturated heterocycles. The Morgan fingerprint density at radius 3 is 2.23 bits per heavy atom. The molecule has 0 atom stereocenters.